The van der Waals surface area contributed by atoms with Crippen LogP contribution in [0.2, 0.25) is 0 Å². The topological polar surface area (TPSA) is 58.8 Å². The third-order valence-corrected chi connectivity index (χ3v) is 3.63. The van der Waals surface area contributed by atoms with Gasteiger partial charge in [0.05, 0.1) is 0 Å². The molecular weight excluding hydrogens is 242 g/mol. The molecule has 0 aromatic rings. The maximum Gasteiger partial charge on any atom is 0.223 e. The number of rotatable bonds is 8. The first-order valence-electron chi connectivity index (χ1n) is 7.36. The molecule has 5 nitrogen and oxygen atoms in total. The van der Waals surface area contributed by atoms with Crippen molar-refractivity contribution in [3.63, 3.8) is 0 Å². The van der Waals surface area contributed by atoms with E-state index in [9.17, 15) is 4.79 Å². The lowest BCUT2D eigenvalue weighted by molar-refractivity contribution is -0.134. The van der Waals surface area contributed by atoms with Gasteiger partial charge >= 0.3 is 0 Å². The van der Waals surface area contributed by atoms with Crippen LogP contribution in [0, 0.1) is 5.92 Å². The molecule has 0 aromatic heterocycles. The zero-order chi connectivity index (χ0) is 14.1. The van der Waals surface area contributed by atoms with Crippen molar-refractivity contribution >= 4 is 5.91 Å². The van der Waals surface area contributed by atoms with Gasteiger partial charge < -0.3 is 15.4 Å². The van der Waals surface area contributed by atoms with Crippen LogP contribution < -0.4 is 5.73 Å². The summed E-state index contributed by atoms with van der Waals surface area (Å²) in [6, 6.07) is 0. The predicted octanol–water partition coefficient (Wildman–Crippen LogP) is 0.542. The van der Waals surface area contributed by atoms with Gasteiger partial charge in [0.25, 0.3) is 0 Å². The van der Waals surface area contributed by atoms with Crippen LogP contribution in [0.1, 0.15) is 26.2 Å². The molecule has 0 aliphatic carbocycles. The quantitative estimate of drug-likeness (QED) is 0.655. The number of hydrogen-bond donors (Lipinski definition) is 1. The number of piperazine rings is 1. The molecule has 0 aromatic carbocycles. The second-order valence-electron chi connectivity index (χ2n) is 5.48. The summed E-state index contributed by atoms with van der Waals surface area (Å²) in [5.41, 5.74) is 5.50. The summed E-state index contributed by atoms with van der Waals surface area (Å²) >= 11 is 0. The molecule has 2 N–H and O–H groups in total. The van der Waals surface area contributed by atoms with Gasteiger partial charge in [-0.2, -0.15) is 0 Å². The van der Waals surface area contributed by atoms with E-state index < -0.39 is 0 Å². The lowest BCUT2D eigenvalue weighted by atomic mass is 10.1. The largest absolute Gasteiger partial charge is 0.384 e. The van der Waals surface area contributed by atoms with Gasteiger partial charge in [0.1, 0.15) is 0 Å². The van der Waals surface area contributed by atoms with E-state index in [4.69, 9.17) is 10.5 Å². The Balaban J connectivity index is 2.19. The number of amides is 1. The van der Waals surface area contributed by atoms with Gasteiger partial charge in [-0.05, 0) is 31.8 Å². The van der Waals surface area contributed by atoms with E-state index in [1.165, 1.54) is 0 Å². The summed E-state index contributed by atoms with van der Waals surface area (Å²) < 4.78 is 5.07. The molecule has 1 saturated heterocycles. The minimum atomic E-state index is 0.270. The zero-order valence-corrected chi connectivity index (χ0v) is 12.4. The number of ether oxygens (including phenoxy) is 1. The van der Waals surface area contributed by atoms with Gasteiger partial charge in [0.2, 0.25) is 5.91 Å². The van der Waals surface area contributed by atoms with Crippen molar-refractivity contribution in [2.24, 2.45) is 11.7 Å². The number of unbranched alkanes of at least 4 members (excludes halogenated alkanes) is 1. The van der Waals surface area contributed by atoms with Crippen LogP contribution in [0.3, 0.4) is 0 Å². The summed E-state index contributed by atoms with van der Waals surface area (Å²) in [4.78, 5) is 16.5. The Labute approximate surface area is 117 Å². The molecule has 1 heterocycles. The number of nitrogens with two attached hydrogens (primary N) is 1. The minimum absolute atomic E-state index is 0.270. The second-order valence-corrected chi connectivity index (χ2v) is 5.48. The molecule has 1 unspecified atom stereocenters. The maximum atomic E-state index is 12.1. The molecule has 19 heavy (non-hydrogen) atoms. The average Bonchev–Trinajstić information content (AvgIpc) is 2.40. The number of hydrogen-bond acceptors (Lipinski definition) is 4. The van der Waals surface area contributed by atoms with Crippen molar-refractivity contribution in [1.82, 2.24) is 9.80 Å². The van der Waals surface area contributed by atoms with E-state index in [1.54, 1.807) is 7.11 Å². The third kappa shape index (κ3) is 6.36. The first-order chi connectivity index (χ1) is 9.17. The molecule has 0 radical (unpaired) electrons. The molecule has 5 heteroatoms. The van der Waals surface area contributed by atoms with Crippen LogP contribution in [-0.2, 0) is 9.53 Å². The fourth-order valence-corrected chi connectivity index (χ4v) is 2.47. The van der Waals surface area contributed by atoms with E-state index in [2.05, 4.69) is 11.8 Å². The number of carbonyl (C=O) groups excluding carboxylic acids is 1. The Bertz CT molecular complexity index is 253. The SMILES string of the molecule is COCC(C)CC(=O)N1CCN(CCCCN)CC1. The highest BCUT2D eigenvalue weighted by atomic mass is 16.5. The van der Waals surface area contributed by atoms with E-state index in [0.717, 1.165) is 52.1 Å². The minimum Gasteiger partial charge on any atom is -0.384 e. The van der Waals surface area contributed by atoms with Crippen molar-refractivity contribution < 1.29 is 9.53 Å². The number of nitrogens with zero attached hydrogens (tertiary/aromatic N) is 2. The van der Waals surface area contributed by atoms with Crippen molar-refractivity contribution in [3.8, 4) is 0 Å². The summed E-state index contributed by atoms with van der Waals surface area (Å²) in [6.07, 6.45) is 2.85. The Morgan fingerprint density at radius 1 is 1.26 bits per heavy atom. The van der Waals surface area contributed by atoms with Crippen LogP contribution in [0.5, 0.6) is 0 Å². The van der Waals surface area contributed by atoms with E-state index in [1.807, 2.05) is 4.90 Å². The molecule has 112 valence electrons. The van der Waals surface area contributed by atoms with Crippen LogP contribution >= 0.6 is 0 Å². The molecule has 1 fully saturated rings. The highest BCUT2D eigenvalue weighted by Gasteiger charge is 2.21. The average molecular weight is 271 g/mol. The molecule has 1 rings (SSSR count). The molecule has 1 aliphatic rings. The van der Waals surface area contributed by atoms with Gasteiger partial charge in [-0.15, -0.1) is 0 Å². The van der Waals surface area contributed by atoms with Crippen LogP contribution in [-0.4, -0.2) is 68.7 Å². The summed E-state index contributed by atoms with van der Waals surface area (Å²) in [7, 11) is 1.68. The Morgan fingerprint density at radius 2 is 1.95 bits per heavy atom. The van der Waals surface area contributed by atoms with E-state index >= 15 is 0 Å². The lowest BCUT2D eigenvalue weighted by Crippen LogP contribution is -2.49. The highest BCUT2D eigenvalue weighted by molar-refractivity contribution is 5.76. The third-order valence-electron chi connectivity index (χ3n) is 3.63. The lowest BCUT2D eigenvalue weighted by Gasteiger charge is -2.35. The molecule has 1 atom stereocenters. The van der Waals surface area contributed by atoms with Gasteiger partial charge in [-0.25, -0.2) is 0 Å². The van der Waals surface area contributed by atoms with Gasteiger partial charge in [-0.1, -0.05) is 6.92 Å². The first kappa shape index (κ1) is 16.4. The molecular formula is C14H29N3O2. The summed E-state index contributed by atoms with van der Waals surface area (Å²) in [5.74, 6) is 0.575. The van der Waals surface area contributed by atoms with Gasteiger partial charge in [0.15, 0.2) is 0 Å². The smallest absolute Gasteiger partial charge is 0.223 e. The fourth-order valence-electron chi connectivity index (χ4n) is 2.47. The first-order valence-corrected chi connectivity index (χ1v) is 7.36. The second kappa shape index (κ2) is 9.28. The molecule has 1 amide bonds. The number of methoxy groups -OCH3 is 1. The molecule has 0 bridgehead atoms. The normalized spacial score (nSPS) is 18.6. The van der Waals surface area contributed by atoms with Crippen molar-refractivity contribution in [1.29, 1.82) is 0 Å². The van der Waals surface area contributed by atoms with Crippen LogP contribution in [0.4, 0.5) is 0 Å². The zero-order valence-electron chi connectivity index (χ0n) is 12.4. The monoisotopic (exact) mass is 271 g/mol. The van der Waals surface area contributed by atoms with Crippen LogP contribution in [0.15, 0.2) is 0 Å². The standard InChI is InChI=1S/C14H29N3O2/c1-13(12-19-2)11-14(18)17-9-7-16(8-10-17)6-4-3-5-15/h13H,3-12,15H2,1-2H3. The van der Waals surface area contributed by atoms with Crippen LogP contribution in [0.25, 0.3) is 0 Å². The molecule has 0 spiro atoms. The maximum absolute atomic E-state index is 12.1. The van der Waals surface area contributed by atoms with Crippen molar-refractivity contribution in [2.45, 2.75) is 26.2 Å². The van der Waals surface area contributed by atoms with E-state index in [0.29, 0.717) is 18.9 Å². The number of carbonyl (C=O) groups is 1. The Hall–Kier alpha value is -0.650. The van der Waals surface area contributed by atoms with Gasteiger partial charge in [0, 0.05) is 46.3 Å². The molecule has 0 saturated carbocycles. The molecule has 1 aliphatic heterocycles. The summed E-state index contributed by atoms with van der Waals surface area (Å²) in [5, 5.41) is 0. The van der Waals surface area contributed by atoms with E-state index in [-0.39, 0.29) is 5.91 Å². The Kier molecular flexibility index (Phi) is 8.02. The fraction of sp³-hybridized carbons (Fsp3) is 0.929. The van der Waals surface area contributed by atoms with Gasteiger partial charge in [-0.3, -0.25) is 9.69 Å². The summed E-state index contributed by atoms with van der Waals surface area (Å²) in [6.45, 7) is 8.32. The van der Waals surface area contributed by atoms with Crippen molar-refractivity contribution in [3.05, 3.63) is 0 Å². The Morgan fingerprint density at radius 3 is 2.53 bits per heavy atom. The van der Waals surface area contributed by atoms with Crippen molar-refractivity contribution in [2.75, 3.05) is 53.0 Å². The predicted molar refractivity (Wildman–Crippen MR) is 77.0 cm³/mol. The highest BCUT2D eigenvalue weighted by Crippen LogP contribution is 2.09.